The zero-order valence-corrected chi connectivity index (χ0v) is 58.7. The molecule has 0 spiro atoms. The zero-order valence-electron chi connectivity index (χ0n) is 58.7. The second kappa shape index (κ2) is 30.9. The van der Waals surface area contributed by atoms with E-state index in [0.29, 0.717) is 11.3 Å². The number of ether oxygens (including phenoxy) is 8. The van der Waals surface area contributed by atoms with Gasteiger partial charge in [-0.1, -0.05) is 155 Å². The summed E-state index contributed by atoms with van der Waals surface area (Å²) >= 11 is 0. The molecular formula is C79H84N4O21. The molecule has 1 saturated heterocycles. The van der Waals surface area contributed by atoms with Gasteiger partial charge < -0.3 is 69.3 Å². The fraction of sp³-hybridized carbons (Fsp3) is 0.392. The largest absolute Gasteiger partial charge is 0.509 e. The Hall–Kier alpha value is -10.4. The average molecular weight is 1430 g/mol. The molecule has 5 aliphatic rings. The summed E-state index contributed by atoms with van der Waals surface area (Å²) in [6, 6.07) is 41.0. The SMILES string of the molecule is CC(=O)O[C@H]1C(=O)[C@@]2(C)C([C@H](OC(=O)c3ccccc3)[C@]3(O)C[C@H](OC(=O)[C@H](OC(=O)OCc4ccc(NN[C@@H](CC(C)C)C(=O)C(=O)[C@H](CO)NC(=O)OCC5c6ccccc6-c6ccccc65)cc4)[C@@H](NC(=O)c4ccccc4)c4ccccc4)C(C)=C1C3(C)C)[C@]1(OC(C)=O)CO[C@@H]1C[C@@H]2O. The van der Waals surface area contributed by atoms with Gasteiger partial charge in [-0.25, -0.2) is 24.6 Å². The second-order valence-corrected chi connectivity index (χ2v) is 28.1. The maximum Gasteiger partial charge on any atom is 0.509 e. The van der Waals surface area contributed by atoms with Crippen molar-refractivity contribution in [3.8, 4) is 11.1 Å². The highest BCUT2D eigenvalue weighted by Crippen LogP contribution is 2.65. The first kappa shape index (κ1) is 74.7. The standard InChI is InChI=1S/C79H84N4O21/c1-43(2)36-57(64(88)65(89)58(39-84)80-74(94)97-41-56-54-30-20-18-28-52(54)53-29-19-21-31-55(53)56)83-82-51-34-32-47(33-35-51)40-98-75(95)102-67(63(48-22-12-9-13-23-48)81-71(91)49-24-14-10-15-25-49)73(93)101-59-38-79(96)70(103-72(92)50-26-16-11-17-27-50)68-77(8,60(87)37-61-78(68,42-99-61)104-46(5)86)69(90)66(100-45(4)85)62(44(59)3)76(79,6)7/h9-35,43,56-61,63,66-68,70,82-84,87,96H,36-42H2,1-8H3,(H,80,94)(H,81,91)/t57-,58-,59-,60-,61+,63-,66+,67+,68?,70-,77+,78-,79+/m0/s1. The van der Waals surface area contributed by atoms with Crippen molar-refractivity contribution >= 4 is 65.1 Å². The lowest BCUT2D eigenvalue weighted by Crippen LogP contribution is -2.82. The Balaban J connectivity index is 0.845. The highest BCUT2D eigenvalue weighted by molar-refractivity contribution is 6.41. The van der Waals surface area contributed by atoms with Gasteiger partial charge in [0, 0.05) is 49.3 Å². The van der Waals surface area contributed by atoms with Gasteiger partial charge in [0.15, 0.2) is 17.5 Å². The molecule has 0 radical (unpaired) electrons. The number of Topliss-reactive ketones (excluding diaryl/α,β-unsaturated/α-hetero) is 3. The number of hydrazine groups is 1. The van der Waals surface area contributed by atoms with Gasteiger partial charge in [-0.15, -0.1) is 0 Å². The van der Waals surface area contributed by atoms with Crippen molar-refractivity contribution < 1.29 is 101 Å². The summed E-state index contributed by atoms with van der Waals surface area (Å²) in [4.78, 5) is 143. The van der Waals surface area contributed by atoms with E-state index in [2.05, 4.69) is 21.5 Å². The van der Waals surface area contributed by atoms with E-state index in [1.54, 1.807) is 91.0 Å². The quantitative estimate of drug-likeness (QED) is 0.00928. The van der Waals surface area contributed by atoms with E-state index in [0.717, 1.165) is 36.1 Å². The van der Waals surface area contributed by atoms with Gasteiger partial charge in [-0.05, 0) is 107 Å². The number of aliphatic hydroxyl groups excluding tert-OH is 2. The molecule has 2 amide bonds. The van der Waals surface area contributed by atoms with E-state index >= 15 is 9.59 Å². The number of hydrogen-bond donors (Lipinski definition) is 7. The molecule has 1 aliphatic heterocycles. The van der Waals surface area contributed by atoms with Crippen LogP contribution in [0.3, 0.4) is 0 Å². The predicted molar refractivity (Wildman–Crippen MR) is 372 cm³/mol. The highest BCUT2D eigenvalue weighted by Gasteiger charge is 2.78. The molecular weight excluding hydrogens is 1340 g/mol. The maximum atomic E-state index is 16.0. The third-order valence-corrected chi connectivity index (χ3v) is 20.8. The predicted octanol–water partition coefficient (Wildman–Crippen LogP) is 8.47. The minimum Gasteiger partial charge on any atom is -0.455 e. The number of fused-ring (bicyclic) bond motifs is 8. The van der Waals surface area contributed by atoms with E-state index in [1.165, 1.54) is 52.0 Å². The van der Waals surface area contributed by atoms with E-state index in [4.69, 9.17) is 37.9 Å². The fourth-order valence-electron chi connectivity index (χ4n) is 15.4. The summed E-state index contributed by atoms with van der Waals surface area (Å²) in [6.45, 7) is 9.88. The third-order valence-electron chi connectivity index (χ3n) is 20.8. The number of nitrogens with one attached hydrogen (secondary N) is 4. The Labute approximate surface area is 600 Å². The van der Waals surface area contributed by atoms with Crippen molar-refractivity contribution in [2.75, 3.05) is 25.2 Å². The van der Waals surface area contributed by atoms with Crippen LogP contribution in [0.15, 0.2) is 175 Å². The first-order chi connectivity index (χ1) is 49.6. The van der Waals surface area contributed by atoms with Crippen molar-refractivity contribution in [2.24, 2.45) is 22.7 Å². The number of ketones is 3. The topological polar surface area (TPSA) is 353 Å². The van der Waals surface area contributed by atoms with Crippen molar-refractivity contribution in [3.05, 3.63) is 208 Å². The second-order valence-electron chi connectivity index (χ2n) is 28.1. The Bertz CT molecular complexity index is 4240. The molecule has 25 nitrogen and oxygen atoms in total. The molecule has 546 valence electrons. The van der Waals surface area contributed by atoms with Gasteiger partial charge in [0.05, 0.1) is 42.3 Å². The van der Waals surface area contributed by atoms with Crippen molar-refractivity contribution in [3.63, 3.8) is 0 Å². The number of anilines is 1. The number of aliphatic hydroxyl groups is 3. The van der Waals surface area contributed by atoms with E-state index in [1.807, 2.05) is 62.4 Å². The van der Waals surface area contributed by atoms with Crippen LogP contribution in [-0.4, -0.2) is 154 Å². The Kier molecular flexibility index (Phi) is 22.2. The minimum absolute atomic E-state index is 0.00124. The van der Waals surface area contributed by atoms with Crippen LogP contribution in [-0.2, 0) is 73.3 Å². The molecule has 1 heterocycles. The molecule has 3 fully saturated rings. The normalized spacial score (nSPS) is 24.6. The number of amides is 2. The molecule has 0 aromatic heterocycles. The van der Waals surface area contributed by atoms with Gasteiger partial charge in [0.1, 0.15) is 49.2 Å². The molecule has 104 heavy (non-hydrogen) atoms. The van der Waals surface area contributed by atoms with Gasteiger partial charge in [-0.3, -0.25) is 28.8 Å². The Morgan fingerprint density at radius 2 is 1.27 bits per heavy atom. The third kappa shape index (κ3) is 14.8. The molecule has 2 saturated carbocycles. The number of hydrogen-bond acceptors (Lipinski definition) is 23. The lowest BCUT2D eigenvalue weighted by molar-refractivity contribution is -0.346. The van der Waals surface area contributed by atoms with Crippen LogP contribution < -0.4 is 21.5 Å². The molecule has 13 atom stereocenters. The highest BCUT2D eigenvalue weighted by atomic mass is 16.7. The van der Waals surface area contributed by atoms with Crippen molar-refractivity contribution in [1.29, 1.82) is 0 Å². The van der Waals surface area contributed by atoms with Gasteiger partial charge >= 0.3 is 36.1 Å². The lowest BCUT2D eigenvalue weighted by atomic mass is 9.44. The van der Waals surface area contributed by atoms with Crippen molar-refractivity contribution in [1.82, 2.24) is 16.1 Å². The van der Waals surface area contributed by atoms with Gasteiger partial charge in [-0.2, -0.15) is 0 Å². The Morgan fingerprint density at radius 1 is 0.683 bits per heavy atom. The van der Waals surface area contributed by atoms with Crippen LogP contribution in [0.4, 0.5) is 15.3 Å². The summed E-state index contributed by atoms with van der Waals surface area (Å²) in [5, 5.41) is 42.0. The monoisotopic (exact) mass is 1420 g/mol. The average Bonchev–Trinajstić information content (AvgIpc) is 0.745. The molecule has 6 aromatic carbocycles. The first-order valence-corrected chi connectivity index (χ1v) is 34.4. The fourth-order valence-corrected chi connectivity index (χ4v) is 15.4. The van der Waals surface area contributed by atoms with Crippen LogP contribution in [0.1, 0.15) is 130 Å². The zero-order chi connectivity index (χ0) is 74.6. The molecule has 11 rings (SSSR count). The smallest absolute Gasteiger partial charge is 0.455 e. The number of carbonyl (C=O) groups excluding carboxylic acids is 10. The number of carbonyl (C=O) groups is 10. The van der Waals surface area contributed by atoms with Crippen LogP contribution in [0.25, 0.3) is 11.1 Å². The minimum atomic E-state index is -2.56. The van der Waals surface area contributed by atoms with Crippen LogP contribution in [0, 0.1) is 22.7 Å². The molecule has 7 N–H and O–H groups in total. The number of esters is 4. The maximum absolute atomic E-state index is 16.0. The van der Waals surface area contributed by atoms with Crippen LogP contribution >= 0.6 is 0 Å². The van der Waals surface area contributed by atoms with Crippen LogP contribution in [0.2, 0.25) is 0 Å². The van der Waals surface area contributed by atoms with Gasteiger partial charge in [0.2, 0.25) is 17.7 Å². The van der Waals surface area contributed by atoms with E-state index in [-0.39, 0.29) is 59.1 Å². The van der Waals surface area contributed by atoms with E-state index in [9.17, 15) is 53.7 Å². The first-order valence-electron chi connectivity index (χ1n) is 34.4. The van der Waals surface area contributed by atoms with Crippen LogP contribution in [0.5, 0.6) is 0 Å². The summed E-state index contributed by atoms with van der Waals surface area (Å²) in [6.07, 6.45) is -13.8. The number of alkyl carbamates (subject to hydrolysis) is 1. The molecule has 2 bridgehead atoms. The summed E-state index contributed by atoms with van der Waals surface area (Å²) in [7, 11) is 0. The van der Waals surface area contributed by atoms with E-state index < -0.39 is 168 Å². The summed E-state index contributed by atoms with van der Waals surface area (Å²) < 4.78 is 48.4. The number of rotatable bonds is 25. The molecule has 25 heteroatoms. The molecule has 4 aliphatic carbocycles. The molecule has 1 unspecified atom stereocenters. The lowest BCUT2D eigenvalue weighted by Gasteiger charge is -2.67. The summed E-state index contributed by atoms with van der Waals surface area (Å²) in [5.74, 6) is -9.92. The number of benzene rings is 6. The van der Waals surface area contributed by atoms with Gasteiger partial charge in [0.25, 0.3) is 5.91 Å². The summed E-state index contributed by atoms with van der Waals surface area (Å²) in [5.41, 5.74) is 2.41. The molecule has 6 aromatic rings. The van der Waals surface area contributed by atoms with Crippen molar-refractivity contribution in [2.45, 2.75) is 153 Å². The Morgan fingerprint density at radius 3 is 1.85 bits per heavy atom.